The molecule has 1 aliphatic carbocycles. The Morgan fingerprint density at radius 2 is 1.95 bits per heavy atom. The SMILES string of the molecule is CC(NP(=O)(OC[C@H]1O[C@@H](n2ccc(=O)[nH]c2=O)[C@](C)(F)[C@@H]1O)Oc1ccccc1)C(=O)OC1CCCCC1. The quantitative estimate of drug-likeness (QED) is 0.287. The fourth-order valence-corrected chi connectivity index (χ4v) is 6.09. The van der Waals surface area contributed by atoms with Gasteiger partial charge in [-0.1, -0.05) is 24.6 Å². The van der Waals surface area contributed by atoms with Gasteiger partial charge in [0.25, 0.3) is 5.56 Å². The van der Waals surface area contributed by atoms with Crippen molar-refractivity contribution >= 4 is 13.7 Å². The lowest BCUT2D eigenvalue weighted by atomic mass is 9.98. The molecule has 2 aliphatic rings. The summed E-state index contributed by atoms with van der Waals surface area (Å²) in [5.74, 6) is -0.463. The van der Waals surface area contributed by atoms with Crippen LogP contribution in [0.2, 0.25) is 0 Å². The molecule has 12 nitrogen and oxygen atoms in total. The first-order valence-corrected chi connectivity index (χ1v) is 14.3. The maximum absolute atomic E-state index is 15.5. The number of aromatic amines is 1. The molecule has 14 heteroatoms. The summed E-state index contributed by atoms with van der Waals surface area (Å²) in [7, 11) is -4.31. The minimum absolute atomic E-state index is 0.169. The van der Waals surface area contributed by atoms with Gasteiger partial charge in [0.15, 0.2) is 11.9 Å². The van der Waals surface area contributed by atoms with Crippen LogP contribution in [0.1, 0.15) is 52.2 Å². The average molecular weight is 570 g/mol. The highest BCUT2D eigenvalue weighted by molar-refractivity contribution is 7.52. The molecule has 2 heterocycles. The number of H-pyrrole nitrogens is 1. The van der Waals surface area contributed by atoms with E-state index in [9.17, 15) is 24.1 Å². The molecule has 1 saturated heterocycles. The summed E-state index contributed by atoms with van der Waals surface area (Å²) in [6.07, 6.45) is 0.537. The highest BCUT2D eigenvalue weighted by Gasteiger charge is 2.56. The fourth-order valence-electron chi connectivity index (χ4n) is 4.58. The molecule has 1 aliphatic heterocycles. The van der Waals surface area contributed by atoms with E-state index in [0.717, 1.165) is 55.9 Å². The number of alkyl halides is 1. The largest absolute Gasteiger partial charge is 0.461 e. The van der Waals surface area contributed by atoms with Crippen molar-refractivity contribution in [3.8, 4) is 5.75 Å². The summed E-state index contributed by atoms with van der Waals surface area (Å²) in [6.45, 7) is 1.85. The van der Waals surface area contributed by atoms with E-state index in [4.69, 9.17) is 18.5 Å². The number of rotatable bonds is 10. The van der Waals surface area contributed by atoms with Crippen LogP contribution in [-0.2, 0) is 23.4 Å². The summed E-state index contributed by atoms with van der Waals surface area (Å²) in [4.78, 5) is 38.3. The third-order valence-corrected chi connectivity index (χ3v) is 8.38. The van der Waals surface area contributed by atoms with Gasteiger partial charge in [-0.15, -0.1) is 0 Å². The van der Waals surface area contributed by atoms with Gasteiger partial charge in [0.2, 0.25) is 0 Å². The molecule has 0 spiro atoms. The zero-order chi connectivity index (χ0) is 28.2. The minimum atomic E-state index is -4.31. The summed E-state index contributed by atoms with van der Waals surface area (Å²) in [6, 6.07) is 7.99. The predicted molar refractivity (Wildman–Crippen MR) is 137 cm³/mol. The Kier molecular flexibility index (Phi) is 9.07. The van der Waals surface area contributed by atoms with Crippen molar-refractivity contribution < 1.29 is 37.4 Å². The van der Waals surface area contributed by atoms with E-state index in [1.807, 2.05) is 4.98 Å². The standard InChI is InChI=1S/C25H33FN3O9P/c1-16(22(32)36-17-9-5-3-6-10-17)28-39(34,38-18-11-7-4-8-12-18)35-15-19-21(31)25(2,26)23(37-19)29-14-13-20(30)27-24(29)33/h4,7-8,11-14,16-17,19,21,23,31H,3,5-6,9-10,15H2,1-2H3,(H,28,34)(H,27,30,33)/t16?,19-,21-,23-,25-,39?/m1/s1. The maximum Gasteiger partial charge on any atom is 0.459 e. The summed E-state index contributed by atoms with van der Waals surface area (Å²) in [5.41, 5.74) is -4.10. The van der Waals surface area contributed by atoms with Gasteiger partial charge in [0, 0.05) is 12.3 Å². The van der Waals surface area contributed by atoms with E-state index >= 15 is 4.39 Å². The third-order valence-electron chi connectivity index (χ3n) is 6.74. The number of aliphatic hydroxyl groups excluding tert-OH is 1. The van der Waals surface area contributed by atoms with Crippen LogP contribution in [0.5, 0.6) is 5.75 Å². The Morgan fingerprint density at radius 3 is 2.62 bits per heavy atom. The first-order chi connectivity index (χ1) is 18.5. The molecule has 1 aromatic carbocycles. The molecular weight excluding hydrogens is 536 g/mol. The number of carbonyl (C=O) groups is 1. The second-order valence-electron chi connectivity index (χ2n) is 9.89. The van der Waals surface area contributed by atoms with Crippen LogP contribution in [0.25, 0.3) is 0 Å². The average Bonchev–Trinajstić information content (AvgIpc) is 3.12. The third kappa shape index (κ3) is 7.03. The number of hydrogen-bond acceptors (Lipinski definition) is 9. The van der Waals surface area contributed by atoms with Crippen molar-refractivity contribution in [2.75, 3.05) is 6.61 Å². The van der Waals surface area contributed by atoms with Crippen molar-refractivity contribution in [2.45, 2.75) is 82.2 Å². The summed E-state index contributed by atoms with van der Waals surface area (Å²) in [5, 5.41) is 13.2. The Morgan fingerprint density at radius 1 is 1.26 bits per heavy atom. The van der Waals surface area contributed by atoms with Crippen LogP contribution in [0.3, 0.4) is 0 Å². The van der Waals surface area contributed by atoms with E-state index in [-0.39, 0.29) is 11.9 Å². The Labute approximate surface area is 224 Å². The molecule has 2 unspecified atom stereocenters. The lowest BCUT2D eigenvalue weighted by molar-refractivity contribution is -0.152. The number of hydrogen-bond donors (Lipinski definition) is 3. The summed E-state index contributed by atoms with van der Waals surface area (Å²) >= 11 is 0. The molecule has 0 amide bonds. The number of nitrogens with one attached hydrogen (secondary N) is 2. The van der Waals surface area contributed by atoms with Crippen LogP contribution < -0.4 is 20.9 Å². The van der Waals surface area contributed by atoms with E-state index in [2.05, 4.69) is 5.09 Å². The molecular formula is C25H33FN3O9P. The molecule has 4 rings (SSSR count). The molecule has 6 atom stereocenters. The van der Waals surface area contributed by atoms with Crippen LogP contribution >= 0.6 is 7.75 Å². The molecule has 0 radical (unpaired) electrons. The van der Waals surface area contributed by atoms with Crippen molar-refractivity contribution in [1.82, 2.24) is 14.6 Å². The number of ether oxygens (including phenoxy) is 2. The number of aromatic nitrogens is 2. The van der Waals surface area contributed by atoms with Gasteiger partial charge in [-0.3, -0.25) is 23.7 Å². The lowest BCUT2D eigenvalue weighted by Gasteiger charge is -2.27. The van der Waals surface area contributed by atoms with Gasteiger partial charge in [0.1, 0.15) is 30.1 Å². The number of para-hydroxylation sites is 1. The van der Waals surface area contributed by atoms with Crippen molar-refractivity contribution in [3.05, 3.63) is 63.4 Å². The first kappa shape index (κ1) is 29.2. The van der Waals surface area contributed by atoms with Gasteiger partial charge in [-0.2, -0.15) is 5.09 Å². The minimum Gasteiger partial charge on any atom is -0.461 e. The van der Waals surface area contributed by atoms with Crippen molar-refractivity contribution in [3.63, 3.8) is 0 Å². The fraction of sp³-hybridized carbons (Fsp3) is 0.560. The number of aliphatic hydroxyl groups is 1. The number of nitrogens with zero attached hydrogens (tertiary/aromatic N) is 1. The Hall–Kier alpha value is -2.83. The predicted octanol–water partition coefficient (Wildman–Crippen LogP) is 2.58. The van der Waals surface area contributed by atoms with Crippen LogP contribution in [-0.4, -0.2) is 57.3 Å². The second kappa shape index (κ2) is 12.1. The second-order valence-corrected chi connectivity index (χ2v) is 11.6. The lowest BCUT2D eigenvalue weighted by Crippen LogP contribution is -2.44. The van der Waals surface area contributed by atoms with Crippen LogP contribution in [0.15, 0.2) is 52.2 Å². The molecule has 2 aromatic rings. The smallest absolute Gasteiger partial charge is 0.459 e. The molecule has 2 fully saturated rings. The first-order valence-electron chi connectivity index (χ1n) is 12.8. The number of halogens is 1. The Balaban J connectivity index is 1.48. The molecule has 39 heavy (non-hydrogen) atoms. The summed E-state index contributed by atoms with van der Waals surface area (Å²) < 4.78 is 52.4. The normalized spacial score (nSPS) is 27.9. The molecule has 0 bridgehead atoms. The van der Waals surface area contributed by atoms with Crippen LogP contribution in [0.4, 0.5) is 4.39 Å². The van der Waals surface area contributed by atoms with E-state index in [1.54, 1.807) is 18.2 Å². The van der Waals surface area contributed by atoms with Gasteiger partial charge in [0.05, 0.1) is 6.61 Å². The van der Waals surface area contributed by atoms with Crippen LogP contribution in [0, 0.1) is 0 Å². The van der Waals surface area contributed by atoms with Crippen molar-refractivity contribution in [1.29, 1.82) is 0 Å². The van der Waals surface area contributed by atoms with E-state index < -0.39 is 61.7 Å². The van der Waals surface area contributed by atoms with Crippen molar-refractivity contribution in [2.24, 2.45) is 0 Å². The highest BCUT2D eigenvalue weighted by atomic mass is 31.2. The zero-order valence-corrected chi connectivity index (χ0v) is 22.6. The van der Waals surface area contributed by atoms with Gasteiger partial charge >= 0.3 is 19.4 Å². The molecule has 3 N–H and O–H groups in total. The molecule has 1 aromatic heterocycles. The van der Waals surface area contributed by atoms with E-state index in [1.165, 1.54) is 19.1 Å². The van der Waals surface area contributed by atoms with Gasteiger partial charge < -0.3 is 19.1 Å². The van der Waals surface area contributed by atoms with Gasteiger partial charge in [-0.05, 0) is 51.7 Å². The molecule has 1 saturated carbocycles. The Bertz CT molecular complexity index is 1300. The van der Waals surface area contributed by atoms with E-state index in [0.29, 0.717) is 0 Å². The number of benzene rings is 1. The monoisotopic (exact) mass is 569 g/mol. The zero-order valence-electron chi connectivity index (χ0n) is 21.7. The number of carbonyl (C=O) groups excluding carboxylic acids is 1. The topological polar surface area (TPSA) is 158 Å². The number of esters is 1. The maximum atomic E-state index is 15.5. The highest BCUT2D eigenvalue weighted by Crippen LogP contribution is 2.47. The molecule has 214 valence electrons. The van der Waals surface area contributed by atoms with Gasteiger partial charge in [-0.25, -0.2) is 13.8 Å².